The quantitative estimate of drug-likeness (QED) is 0.571. The van der Waals surface area contributed by atoms with Crippen LogP contribution in [0.25, 0.3) is 5.70 Å². The van der Waals surface area contributed by atoms with Crippen molar-refractivity contribution in [1.82, 2.24) is 10.2 Å². The van der Waals surface area contributed by atoms with Gasteiger partial charge >= 0.3 is 0 Å². The smallest absolute Gasteiger partial charge is 0.160 e. The molecule has 0 spiro atoms. The third kappa shape index (κ3) is 4.97. The van der Waals surface area contributed by atoms with Gasteiger partial charge in [0, 0.05) is 43.5 Å². The van der Waals surface area contributed by atoms with E-state index in [0.717, 1.165) is 38.2 Å². The number of fused-ring (bicyclic) bond motifs is 1. The second-order valence-electron chi connectivity index (χ2n) is 8.52. The number of nitrogens with one attached hydrogen (secondary N) is 1. The lowest BCUT2D eigenvalue weighted by molar-refractivity contribution is 0.109. The van der Waals surface area contributed by atoms with E-state index in [1.165, 1.54) is 22.3 Å². The lowest BCUT2D eigenvalue weighted by Crippen LogP contribution is -2.40. The number of methoxy groups -OCH3 is 2. The van der Waals surface area contributed by atoms with E-state index in [9.17, 15) is 5.11 Å². The molecular weight excluding hydrogens is 376 g/mol. The molecular formula is C25H34N2O3. The molecule has 2 N–H and O–H groups in total. The van der Waals surface area contributed by atoms with Crippen LogP contribution in [0.4, 0.5) is 0 Å². The zero-order valence-corrected chi connectivity index (χ0v) is 18.6. The van der Waals surface area contributed by atoms with Crippen LogP contribution < -0.4 is 10.1 Å². The Hall–Kier alpha value is -2.50. The van der Waals surface area contributed by atoms with Crippen molar-refractivity contribution in [1.29, 1.82) is 0 Å². The van der Waals surface area contributed by atoms with Gasteiger partial charge in [0.05, 0.1) is 13.7 Å². The van der Waals surface area contributed by atoms with Crippen molar-refractivity contribution in [2.75, 3.05) is 27.4 Å². The average molecular weight is 411 g/mol. The van der Waals surface area contributed by atoms with Gasteiger partial charge in [0.15, 0.2) is 11.5 Å². The van der Waals surface area contributed by atoms with Crippen LogP contribution >= 0.6 is 0 Å². The van der Waals surface area contributed by atoms with Crippen LogP contribution in [0.2, 0.25) is 0 Å². The first-order chi connectivity index (χ1) is 14.4. The molecule has 0 radical (unpaired) electrons. The van der Waals surface area contributed by atoms with Crippen LogP contribution in [0.15, 0.2) is 43.0 Å². The Morgan fingerprint density at radius 1 is 1.20 bits per heavy atom. The molecule has 162 valence electrons. The fourth-order valence-corrected chi connectivity index (χ4v) is 4.02. The number of nitrogens with zero attached hydrogens (tertiary/aromatic N) is 1. The summed E-state index contributed by atoms with van der Waals surface area (Å²) >= 11 is 0. The van der Waals surface area contributed by atoms with E-state index in [1.807, 2.05) is 12.1 Å². The van der Waals surface area contributed by atoms with E-state index >= 15 is 0 Å². The van der Waals surface area contributed by atoms with Crippen molar-refractivity contribution >= 4 is 5.70 Å². The molecule has 0 unspecified atom stereocenters. The molecule has 0 saturated carbocycles. The number of rotatable bonds is 10. The molecule has 0 bridgehead atoms. The van der Waals surface area contributed by atoms with Gasteiger partial charge in [0.25, 0.3) is 0 Å². The van der Waals surface area contributed by atoms with Crippen LogP contribution in [-0.4, -0.2) is 42.9 Å². The topological polar surface area (TPSA) is 54.0 Å². The first-order valence-electron chi connectivity index (χ1n) is 10.5. The summed E-state index contributed by atoms with van der Waals surface area (Å²) in [5.41, 5.74) is 6.11. The zero-order chi connectivity index (χ0) is 21.7. The number of benzene rings is 2. The highest BCUT2D eigenvalue weighted by atomic mass is 16.5. The molecule has 2 aromatic carbocycles. The minimum atomic E-state index is 0.0340. The van der Waals surface area contributed by atoms with Gasteiger partial charge in [-0.2, -0.15) is 0 Å². The van der Waals surface area contributed by atoms with Gasteiger partial charge < -0.3 is 19.9 Å². The summed E-state index contributed by atoms with van der Waals surface area (Å²) in [5, 5.41) is 13.2. The van der Waals surface area contributed by atoms with Gasteiger partial charge in [-0.3, -0.25) is 4.90 Å². The Bertz CT molecular complexity index is 892. The first kappa shape index (κ1) is 22.2. The first-order valence-corrected chi connectivity index (χ1v) is 10.5. The van der Waals surface area contributed by atoms with E-state index in [0.29, 0.717) is 12.4 Å². The normalized spacial score (nSPS) is 13.9. The molecule has 2 aromatic rings. The Morgan fingerprint density at radius 3 is 2.73 bits per heavy atom. The largest absolute Gasteiger partial charge is 0.504 e. The molecule has 5 nitrogen and oxygen atoms in total. The van der Waals surface area contributed by atoms with Gasteiger partial charge in [-0.05, 0) is 55.5 Å². The summed E-state index contributed by atoms with van der Waals surface area (Å²) in [6, 6.07) is 12.1. The second kappa shape index (κ2) is 9.54. The number of phenolic OH excluding ortho intramolecular Hbond substituents is 1. The highest BCUT2D eigenvalue weighted by molar-refractivity contribution is 5.66. The predicted molar refractivity (Wildman–Crippen MR) is 122 cm³/mol. The lowest BCUT2D eigenvalue weighted by Gasteiger charge is -2.35. The highest BCUT2D eigenvalue weighted by Gasteiger charge is 2.32. The van der Waals surface area contributed by atoms with Crippen molar-refractivity contribution in [2.24, 2.45) is 0 Å². The van der Waals surface area contributed by atoms with Crippen LogP contribution in [0.1, 0.15) is 42.5 Å². The molecule has 0 saturated heterocycles. The molecule has 0 atom stereocenters. The summed E-state index contributed by atoms with van der Waals surface area (Å²) < 4.78 is 10.4. The molecule has 30 heavy (non-hydrogen) atoms. The SMILES string of the molecule is C=C(NCCOC)c1cccc2c1CN(C(C)(C)CCc1ccc(O)c(OC)c1)C2. The van der Waals surface area contributed by atoms with Crippen LogP contribution in [0.3, 0.4) is 0 Å². The second-order valence-corrected chi connectivity index (χ2v) is 8.52. The molecule has 1 aliphatic heterocycles. The number of hydrogen-bond acceptors (Lipinski definition) is 5. The van der Waals surface area contributed by atoms with Crippen LogP contribution in [0.5, 0.6) is 11.5 Å². The Kier molecular flexibility index (Phi) is 7.06. The van der Waals surface area contributed by atoms with E-state index in [-0.39, 0.29) is 11.3 Å². The van der Waals surface area contributed by atoms with E-state index in [4.69, 9.17) is 9.47 Å². The highest BCUT2D eigenvalue weighted by Crippen LogP contribution is 2.35. The molecule has 3 rings (SSSR count). The molecule has 1 heterocycles. The van der Waals surface area contributed by atoms with E-state index < -0.39 is 0 Å². The number of aromatic hydroxyl groups is 1. The summed E-state index contributed by atoms with van der Waals surface area (Å²) in [7, 11) is 3.29. The monoisotopic (exact) mass is 410 g/mol. The van der Waals surface area contributed by atoms with Crippen molar-refractivity contribution in [2.45, 2.75) is 45.3 Å². The Balaban J connectivity index is 1.67. The van der Waals surface area contributed by atoms with Gasteiger partial charge in [-0.25, -0.2) is 0 Å². The van der Waals surface area contributed by atoms with Crippen molar-refractivity contribution in [3.8, 4) is 11.5 Å². The predicted octanol–water partition coefficient (Wildman–Crippen LogP) is 4.33. The summed E-state index contributed by atoms with van der Waals surface area (Å²) in [6.45, 7) is 12.1. The third-order valence-electron chi connectivity index (χ3n) is 6.08. The number of hydrogen-bond donors (Lipinski definition) is 2. The van der Waals surface area contributed by atoms with Crippen molar-refractivity contribution < 1.29 is 14.6 Å². The lowest BCUT2D eigenvalue weighted by atomic mass is 9.93. The maximum Gasteiger partial charge on any atom is 0.160 e. The zero-order valence-electron chi connectivity index (χ0n) is 18.6. The fraction of sp³-hybridized carbons (Fsp3) is 0.440. The summed E-state index contributed by atoms with van der Waals surface area (Å²) in [4.78, 5) is 2.54. The maximum atomic E-state index is 9.82. The minimum Gasteiger partial charge on any atom is -0.504 e. The Morgan fingerprint density at radius 2 is 2.00 bits per heavy atom. The molecule has 0 amide bonds. The standard InChI is InChI=1S/C25H34N2O3/c1-18(26-13-14-29-4)21-8-6-7-20-16-27(17-22(20)21)25(2,3)12-11-19-9-10-23(28)24(15-19)30-5/h6-10,15,26,28H,1,11-14,16-17H2,2-5H3. The molecule has 0 fully saturated rings. The van der Waals surface area contributed by atoms with Crippen LogP contribution in [-0.2, 0) is 24.2 Å². The summed E-state index contributed by atoms with van der Waals surface area (Å²) in [6.07, 6.45) is 1.94. The minimum absolute atomic E-state index is 0.0340. The maximum absolute atomic E-state index is 9.82. The Labute approximate surface area is 180 Å². The average Bonchev–Trinajstić information content (AvgIpc) is 3.18. The number of aryl methyl sites for hydroxylation is 1. The number of ether oxygens (including phenoxy) is 2. The van der Waals surface area contributed by atoms with Crippen molar-refractivity contribution in [3.63, 3.8) is 0 Å². The van der Waals surface area contributed by atoms with Gasteiger partial charge in [-0.1, -0.05) is 30.8 Å². The molecule has 5 heteroatoms. The molecule has 1 aliphatic rings. The van der Waals surface area contributed by atoms with Crippen LogP contribution in [0, 0.1) is 0 Å². The third-order valence-corrected chi connectivity index (χ3v) is 6.08. The number of phenols is 1. The van der Waals surface area contributed by atoms with E-state index in [1.54, 1.807) is 20.3 Å². The van der Waals surface area contributed by atoms with Gasteiger partial charge in [0.1, 0.15) is 0 Å². The molecule has 0 aliphatic carbocycles. The van der Waals surface area contributed by atoms with Gasteiger partial charge in [-0.15, -0.1) is 0 Å². The van der Waals surface area contributed by atoms with Crippen molar-refractivity contribution in [3.05, 3.63) is 65.2 Å². The fourth-order valence-electron chi connectivity index (χ4n) is 4.02. The van der Waals surface area contributed by atoms with Gasteiger partial charge in [0.2, 0.25) is 0 Å². The molecule has 0 aromatic heterocycles. The summed E-state index contributed by atoms with van der Waals surface area (Å²) in [5.74, 6) is 0.713. The van der Waals surface area contributed by atoms with E-state index in [2.05, 4.69) is 48.8 Å².